The number of aromatic amines is 1. The molecule has 0 aliphatic heterocycles. The number of aliphatic hydroxyl groups is 1. The fraction of sp³-hybridized carbons (Fsp3) is 0.611. The summed E-state index contributed by atoms with van der Waals surface area (Å²) in [6, 6.07) is 0. The highest BCUT2D eigenvalue weighted by Crippen LogP contribution is 2.36. The van der Waals surface area contributed by atoms with Gasteiger partial charge < -0.3 is 5.11 Å². The molecule has 0 spiro atoms. The Morgan fingerprint density at radius 3 is 2.50 bits per heavy atom. The minimum Gasteiger partial charge on any atom is -0.393 e. The topological polar surface area (TPSA) is 74.7 Å². The lowest BCUT2D eigenvalue weighted by Gasteiger charge is -2.24. The number of rotatable bonds is 5. The van der Waals surface area contributed by atoms with E-state index in [2.05, 4.69) is 15.2 Å². The molecule has 2 N–H and O–H groups in total. The lowest BCUT2D eigenvalue weighted by atomic mass is 9.85. The maximum absolute atomic E-state index is 9.65. The predicted molar refractivity (Wildman–Crippen MR) is 92.7 cm³/mol. The van der Waals surface area contributed by atoms with Gasteiger partial charge in [0, 0.05) is 12.6 Å². The summed E-state index contributed by atoms with van der Waals surface area (Å²) in [7, 11) is 0. The molecule has 0 radical (unpaired) electrons. The number of hydrogen-bond donors (Lipinski definition) is 2. The second kappa shape index (κ2) is 6.81. The fourth-order valence-corrected chi connectivity index (χ4v) is 3.77. The lowest BCUT2D eigenvalue weighted by Crippen LogP contribution is -2.20. The van der Waals surface area contributed by atoms with Crippen LogP contribution in [-0.4, -0.2) is 31.4 Å². The minimum atomic E-state index is -0.127. The van der Waals surface area contributed by atoms with Crippen molar-refractivity contribution in [3.05, 3.63) is 28.8 Å². The first-order valence-corrected chi connectivity index (χ1v) is 9.29. The Labute approximate surface area is 146 Å². The van der Waals surface area contributed by atoms with Gasteiger partial charge in [0.05, 0.1) is 23.0 Å². The van der Waals surface area contributed by atoms with Crippen molar-refractivity contribution in [1.29, 1.82) is 0 Å². The van der Waals surface area contributed by atoms with E-state index in [1.165, 1.54) is 18.4 Å². The molecule has 2 aromatic heterocycles. The molecular formula is C18H23ClN4O. The monoisotopic (exact) mass is 346 g/mol. The molecule has 2 aromatic rings. The van der Waals surface area contributed by atoms with E-state index >= 15 is 0 Å². The van der Waals surface area contributed by atoms with Crippen molar-refractivity contribution < 1.29 is 5.11 Å². The molecule has 0 aromatic carbocycles. The van der Waals surface area contributed by atoms with Crippen molar-refractivity contribution in [2.75, 3.05) is 0 Å². The summed E-state index contributed by atoms with van der Waals surface area (Å²) in [4.78, 5) is 9.16. The van der Waals surface area contributed by atoms with Crippen LogP contribution in [0.3, 0.4) is 0 Å². The van der Waals surface area contributed by atoms with Gasteiger partial charge in [-0.15, -0.1) is 0 Å². The van der Waals surface area contributed by atoms with Crippen LogP contribution in [-0.2, 0) is 12.8 Å². The van der Waals surface area contributed by atoms with Crippen LogP contribution in [0.25, 0.3) is 11.4 Å². The summed E-state index contributed by atoms with van der Waals surface area (Å²) in [6.45, 7) is 0. The van der Waals surface area contributed by atoms with Gasteiger partial charge >= 0.3 is 0 Å². The number of nitrogens with one attached hydrogen (secondary N) is 1. The van der Waals surface area contributed by atoms with Crippen LogP contribution < -0.4 is 0 Å². The SMILES string of the molecule is OC1CCC(Cc2ncc(Cl)c(-c3[nH]ncc3CC3CC3)n2)CC1. The maximum Gasteiger partial charge on any atom is 0.129 e. The molecule has 6 heteroatoms. The third kappa shape index (κ3) is 3.62. The fourth-order valence-electron chi connectivity index (χ4n) is 3.59. The Morgan fingerprint density at radius 1 is 1.04 bits per heavy atom. The van der Waals surface area contributed by atoms with Crippen LogP contribution in [0, 0.1) is 11.8 Å². The summed E-state index contributed by atoms with van der Waals surface area (Å²) >= 11 is 6.37. The number of hydrogen-bond acceptors (Lipinski definition) is 4. The predicted octanol–water partition coefficient (Wildman–Crippen LogP) is 3.57. The van der Waals surface area contributed by atoms with Gasteiger partial charge in [0.1, 0.15) is 11.5 Å². The quantitative estimate of drug-likeness (QED) is 0.867. The minimum absolute atomic E-state index is 0.127. The molecule has 0 atom stereocenters. The Kier molecular flexibility index (Phi) is 4.55. The van der Waals surface area contributed by atoms with Crippen molar-refractivity contribution in [1.82, 2.24) is 20.2 Å². The van der Waals surface area contributed by atoms with E-state index in [0.29, 0.717) is 10.9 Å². The molecule has 0 bridgehead atoms. The van der Waals surface area contributed by atoms with E-state index < -0.39 is 0 Å². The van der Waals surface area contributed by atoms with Gasteiger partial charge in [-0.3, -0.25) is 5.10 Å². The van der Waals surface area contributed by atoms with Crippen LogP contribution >= 0.6 is 11.6 Å². The number of nitrogens with zero attached hydrogens (tertiary/aromatic N) is 3. The van der Waals surface area contributed by atoms with Crippen LogP contribution in [0.5, 0.6) is 0 Å². The molecule has 24 heavy (non-hydrogen) atoms. The largest absolute Gasteiger partial charge is 0.393 e. The smallest absolute Gasteiger partial charge is 0.129 e. The Balaban J connectivity index is 1.54. The molecule has 0 amide bonds. The highest BCUT2D eigenvalue weighted by atomic mass is 35.5. The highest BCUT2D eigenvalue weighted by molar-refractivity contribution is 6.32. The summed E-state index contributed by atoms with van der Waals surface area (Å²) in [5.74, 6) is 2.17. The third-order valence-electron chi connectivity index (χ3n) is 5.24. The van der Waals surface area contributed by atoms with Gasteiger partial charge in [-0.1, -0.05) is 11.6 Å². The van der Waals surface area contributed by atoms with Gasteiger partial charge in [0.25, 0.3) is 0 Å². The zero-order chi connectivity index (χ0) is 16.5. The van der Waals surface area contributed by atoms with Gasteiger partial charge in [0.15, 0.2) is 0 Å². The van der Waals surface area contributed by atoms with Gasteiger partial charge in [0.2, 0.25) is 0 Å². The first-order chi connectivity index (χ1) is 11.7. The Hall–Kier alpha value is -1.46. The molecule has 0 unspecified atom stereocenters. The summed E-state index contributed by atoms with van der Waals surface area (Å²) in [6.07, 6.45) is 11.8. The van der Waals surface area contributed by atoms with Crippen LogP contribution in [0.4, 0.5) is 0 Å². The molecule has 2 saturated carbocycles. The molecule has 2 heterocycles. The number of halogens is 1. The summed E-state index contributed by atoms with van der Waals surface area (Å²) in [5.41, 5.74) is 2.91. The van der Waals surface area contributed by atoms with Gasteiger partial charge in [-0.05, 0) is 62.3 Å². The van der Waals surface area contributed by atoms with Crippen molar-refractivity contribution in [2.45, 2.75) is 57.5 Å². The first kappa shape index (κ1) is 16.0. The van der Waals surface area contributed by atoms with Crippen molar-refractivity contribution in [3.63, 3.8) is 0 Å². The second-order valence-corrected chi connectivity index (χ2v) is 7.69. The zero-order valence-electron chi connectivity index (χ0n) is 13.7. The summed E-state index contributed by atoms with van der Waals surface area (Å²) in [5, 5.41) is 17.5. The van der Waals surface area contributed by atoms with E-state index in [-0.39, 0.29) is 6.10 Å². The Bertz CT molecular complexity index is 705. The molecule has 2 aliphatic rings. The summed E-state index contributed by atoms with van der Waals surface area (Å²) < 4.78 is 0. The van der Waals surface area contributed by atoms with Crippen LogP contribution in [0.15, 0.2) is 12.4 Å². The second-order valence-electron chi connectivity index (χ2n) is 7.28. The third-order valence-corrected chi connectivity index (χ3v) is 5.52. The van der Waals surface area contributed by atoms with Crippen molar-refractivity contribution in [3.8, 4) is 11.4 Å². The molecule has 128 valence electrons. The molecule has 2 aliphatic carbocycles. The average Bonchev–Trinajstić information content (AvgIpc) is 3.28. The van der Waals surface area contributed by atoms with E-state index in [1.807, 2.05) is 6.20 Å². The van der Waals surface area contributed by atoms with Crippen LogP contribution in [0.2, 0.25) is 5.02 Å². The number of aliphatic hydroxyl groups excluding tert-OH is 1. The van der Waals surface area contributed by atoms with Gasteiger partial charge in [-0.25, -0.2) is 9.97 Å². The molecular weight excluding hydrogens is 324 g/mol. The van der Waals surface area contributed by atoms with E-state index in [0.717, 1.165) is 61.7 Å². The van der Waals surface area contributed by atoms with E-state index in [9.17, 15) is 5.11 Å². The number of H-pyrrole nitrogens is 1. The van der Waals surface area contributed by atoms with Crippen molar-refractivity contribution >= 4 is 11.6 Å². The van der Waals surface area contributed by atoms with Crippen LogP contribution in [0.1, 0.15) is 49.9 Å². The standard InChI is InChI=1S/C18H23ClN4O/c19-15-10-20-16(8-12-3-5-14(24)6-4-12)22-18(15)17-13(9-21-23-17)7-11-1-2-11/h9-12,14,24H,1-8H2,(H,21,23). The average molecular weight is 347 g/mol. The molecule has 4 rings (SSSR count). The molecule has 5 nitrogen and oxygen atoms in total. The molecule has 0 saturated heterocycles. The van der Waals surface area contributed by atoms with Crippen molar-refractivity contribution in [2.24, 2.45) is 11.8 Å². The zero-order valence-corrected chi connectivity index (χ0v) is 14.5. The first-order valence-electron chi connectivity index (χ1n) is 8.91. The van der Waals surface area contributed by atoms with E-state index in [4.69, 9.17) is 16.6 Å². The lowest BCUT2D eigenvalue weighted by molar-refractivity contribution is 0.108. The van der Waals surface area contributed by atoms with Gasteiger partial charge in [-0.2, -0.15) is 5.10 Å². The highest BCUT2D eigenvalue weighted by Gasteiger charge is 2.25. The normalized spacial score (nSPS) is 24.2. The molecule has 2 fully saturated rings. The number of aromatic nitrogens is 4. The van der Waals surface area contributed by atoms with E-state index in [1.54, 1.807) is 6.20 Å². The Morgan fingerprint density at radius 2 is 1.75 bits per heavy atom. The maximum atomic E-state index is 9.65.